The summed E-state index contributed by atoms with van der Waals surface area (Å²) in [7, 11) is 5.17. The molecule has 2 nitrogen and oxygen atoms in total. The van der Waals surface area contributed by atoms with E-state index in [2.05, 4.69) is 0 Å². The number of hydrogen-bond acceptors (Lipinski definition) is 2. The SMILES string of the molecule is [B]CC(=O)OC1(C)CCCCC1. The van der Waals surface area contributed by atoms with Gasteiger partial charge in [0.15, 0.2) is 0 Å². The van der Waals surface area contributed by atoms with Crippen molar-refractivity contribution in [2.45, 2.75) is 50.9 Å². The molecule has 12 heavy (non-hydrogen) atoms. The first kappa shape index (κ1) is 9.62. The van der Waals surface area contributed by atoms with Crippen molar-refractivity contribution in [3.8, 4) is 0 Å². The number of rotatable bonds is 2. The third-order valence-corrected chi connectivity index (χ3v) is 2.44. The van der Waals surface area contributed by atoms with Crippen LogP contribution >= 0.6 is 0 Å². The van der Waals surface area contributed by atoms with Crippen LogP contribution in [0.5, 0.6) is 0 Å². The predicted octanol–water partition coefficient (Wildman–Crippen LogP) is 1.84. The minimum atomic E-state index is -0.278. The van der Waals surface area contributed by atoms with Gasteiger partial charge in [0.2, 0.25) is 0 Å². The first-order valence-electron chi connectivity index (χ1n) is 4.58. The van der Waals surface area contributed by atoms with Crippen LogP contribution < -0.4 is 0 Å². The van der Waals surface area contributed by atoms with Crippen LogP contribution in [-0.2, 0) is 9.53 Å². The van der Waals surface area contributed by atoms with Gasteiger partial charge in [-0.05, 0) is 32.6 Å². The van der Waals surface area contributed by atoms with Crippen molar-refractivity contribution in [3.05, 3.63) is 0 Å². The Morgan fingerprint density at radius 2 is 2.00 bits per heavy atom. The average molecular weight is 166 g/mol. The van der Waals surface area contributed by atoms with Gasteiger partial charge in [-0.2, -0.15) is 0 Å². The lowest BCUT2D eigenvalue weighted by molar-refractivity contribution is -0.158. The lowest BCUT2D eigenvalue weighted by Gasteiger charge is -2.33. The van der Waals surface area contributed by atoms with Gasteiger partial charge in [-0.25, -0.2) is 0 Å². The molecule has 0 spiro atoms. The summed E-state index contributed by atoms with van der Waals surface area (Å²) in [6, 6.07) is 0. The number of carbonyl (C=O) groups is 1. The summed E-state index contributed by atoms with van der Waals surface area (Å²) in [5.41, 5.74) is -0.227. The van der Waals surface area contributed by atoms with Crippen molar-refractivity contribution in [2.75, 3.05) is 0 Å². The number of ether oxygens (including phenoxy) is 1. The van der Waals surface area contributed by atoms with Crippen molar-refractivity contribution >= 4 is 13.8 Å². The molecule has 66 valence electrons. The second kappa shape index (κ2) is 3.97. The molecular formula is C9H15BO2. The fourth-order valence-corrected chi connectivity index (χ4v) is 1.72. The molecule has 3 heteroatoms. The van der Waals surface area contributed by atoms with E-state index in [0.717, 1.165) is 25.7 Å². The lowest BCUT2D eigenvalue weighted by atomic mass is 9.86. The monoisotopic (exact) mass is 166 g/mol. The smallest absolute Gasteiger partial charge is 0.297 e. The fourth-order valence-electron chi connectivity index (χ4n) is 1.72. The predicted molar refractivity (Wildman–Crippen MR) is 48.1 cm³/mol. The van der Waals surface area contributed by atoms with Gasteiger partial charge >= 0.3 is 0 Å². The molecule has 0 heterocycles. The summed E-state index contributed by atoms with van der Waals surface area (Å²) < 4.78 is 5.26. The maximum Gasteiger partial charge on any atom is 0.297 e. The molecule has 0 saturated heterocycles. The Kier molecular flexibility index (Phi) is 3.18. The van der Waals surface area contributed by atoms with Gasteiger partial charge in [-0.3, -0.25) is 4.79 Å². The van der Waals surface area contributed by atoms with Crippen LogP contribution in [0.4, 0.5) is 0 Å². The highest BCUT2D eigenvalue weighted by Crippen LogP contribution is 2.31. The normalized spacial score (nSPS) is 21.8. The molecule has 0 atom stereocenters. The van der Waals surface area contributed by atoms with Crippen LogP contribution in [0, 0.1) is 0 Å². The van der Waals surface area contributed by atoms with Crippen LogP contribution in [0.1, 0.15) is 39.0 Å². The highest BCUT2D eigenvalue weighted by molar-refractivity contribution is 6.18. The fraction of sp³-hybridized carbons (Fsp3) is 0.889. The van der Waals surface area contributed by atoms with Crippen molar-refractivity contribution in [1.82, 2.24) is 0 Å². The molecule has 0 amide bonds. The summed E-state index contributed by atoms with van der Waals surface area (Å²) in [5, 5.41) is 0. The molecule has 0 bridgehead atoms. The van der Waals surface area contributed by atoms with Crippen LogP contribution in [0.15, 0.2) is 0 Å². The van der Waals surface area contributed by atoms with E-state index in [1.165, 1.54) is 6.42 Å². The lowest BCUT2D eigenvalue weighted by Crippen LogP contribution is -2.33. The second-order valence-corrected chi connectivity index (χ2v) is 3.69. The Balaban J connectivity index is 2.41. The van der Waals surface area contributed by atoms with Gasteiger partial charge in [-0.1, -0.05) is 6.42 Å². The second-order valence-electron chi connectivity index (χ2n) is 3.69. The van der Waals surface area contributed by atoms with Gasteiger partial charge in [-0.15, -0.1) is 0 Å². The van der Waals surface area contributed by atoms with Gasteiger partial charge in [0.25, 0.3) is 5.97 Å². The van der Waals surface area contributed by atoms with E-state index >= 15 is 0 Å². The first-order valence-corrected chi connectivity index (χ1v) is 4.58. The molecule has 1 aliphatic carbocycles. The van der Waals surface area contributed by atoms with Gasteiger partial charge in [0, 0.05) is 6.32 Å². The largest absolute Gasteiger partial charge is 0.460 e. The number of esters is 1. The van der Waals surface area contributed by atoms with E-state index < -0.39 is 0 Å². The van der Waals surface area contributed by atoms with Gasteiger partial charge in [0.05, 0.1) is 7.85 Å². The van der Waals surface area contributed by atoms with E-state index in [-0.39, 0.29) is 17.9 Å². The van der Waals surface area contributed by atoms with E-state index in [1.54, 1.807) is 0 Å². The highest BCUT2D eigenvalue weighted by Gasteiger charge is 2.29. The molecule has 0 aromatic rings. The molecule has 0 N–H and O–H groups in total. The third-order valence-electron chi connectivity index (χ3n) is 2.44. The summed E-state index contributed by atoms with van der Waals surface area (Å²) in [5.74, 6) is -0.278. The molecule has 1 fully saturated rings. The van der Waals surface area contributed by atoms with Crippen LogP contribution in [-0.4, -0.2) is 19.4 Å². The number of carbonyl (C=O) groups excluding carboxylic acids is 1. The van der Waals surface area contributed by atoms with Crippen molar-refractivity contribution < 1.29 is 9.53 Å². The van der Waals surface area contributed by atoms with Gasteiger partial charge in [0.1, 0.15) is 5.60 Å². The Labute approximate surface area is 75.1 Å². The van der Waals surface area contributed by atoms with Crippen molar-refractivity contribution in [1.29, 1.82) is 0 Å². The Hall–Kier alpha value is -0.465. The summed E-state index contributed by atoms with van der Waals surface area (Å²) >= 11 is 0. The molecule has 0 unspecified atom stereocenters. The Bertz CT molecular complexity index is 162. The van der Waals surface area contributed by atoms with Crippen molar-refractivity contribution in [3.63, 3.8) is 0 Å². The first-order chi connectivity index (χ1) is 5.66. The van der Waals surface area contributed by atoms with Crippen LogP contribution in [0.2, 0.25) is 6.32 Å². The Morgan fingerprint density at radius 3 is 2.50 bits per heavy atom. The quantitative estimate of drug-likeness (QED) is 0.462. The standard InChI is InChI=1S/C9H15BO2/c1-9(12-8(11)7-10)5-3-2-4-6-9/h2-7H2,1H3. The number of hydrogen-bond donors (Lipinski definition) is 0. The van der Waals surface area contributed by atoms with Crippen LogP contribution in [0.3, 0.4) is 0 Å². The molecule has 2 radical (unpaired) electrons. The molecule has 1 saturated carbocycles. The van der Waals surface area contributed by atoms with Crippen molar-refractivity contribution in [2.24, 2.45) is 0 Å². The van der Waals surface area contributed by atoms with E-state index in [1.807, 2.05) is 6.92 Å². The minimum absolute atomic E-state index is 0.00438. The zero-order valence-electron chi connectivity index (χ0n) is 7.64. The highest BCUT2D eigenvalue weighted by atomic mass is 16.6. The zero-order valence-corrected chi connectivity index (χ0v) is 7.64. The topological polar surface area (TPSA) is 26.3 Å². The minimum Gasteiger partial charge on any atom is -0.460 e. The summed E-state index contributed by atoms with van der Waals surface area (Å²) in [6.07, 6.45) is 5.55. The molecule has 0 aromatic carbocycles. The molecule has 1 rings (SSSR count). The van der Waals surface area contributed by atoms with Gasteiger partial charge < -0.3 is 4.74 Å². The average Bonchev–Trinajstić information content (AvgIpc) is 2.05. The molecule has 0 aromatic heterocycles. The maximum atomic E-state index is 10.9. The summed E-state index contributed by atoms with van der Waals surface area (Å²) in [6.45, 7) is 2.00. The molecule has 0 aliphatic heterocycles. The third kappa shape index (κ3) is 2.54. The van der Waals surface area contributed by atoms with E-state index in [0.29, 0.717) is 0 Å². The Morgan fingerprint density at radius 1 is 1.42 bits per heavy atom. The van der Waals surface area contributed by atoms with Crippen LogP contribution in [0.25, 0.3) is 0 Å². The molecular weight excluding hydrogens is 151 g/mol. The summed E-state index contributed by atoms with van der Waals surface area (Å²) in [4.78, 5) is 10.9. The van der Waals surface area contributed by atoms with E-state index in [9.17, 15) is 4.79 Å². The molecule has 1 aliphatic rings. The maximum absolute atomic E-state index is 10.9. The van der Waals surface area contributed by atoms with E-state index in [4.69, 9.17) is 12.6 Å². The zero-order chi connectivity index (χ0) is 9.03.